The third kappa shape index (κ3) is 5.89. The highest BCUT2D eigenvalue weighted by molar-refractivity contribution is 7.91. The Morgan fingerprint density at radius 1 is 1.21 bits per heavy atom. The van der Waals surface area contributed by atoms with Crippen LogP contribution in [0.3, 0.4) is 0 Å². The van der Waals surface area contributed by atoms with E-state index in [1.54, 1.807) is 6.07 Å². The van der Waals surface area contributed by atoms with Gasteiger partial charge in [0.25, 0.3) is 0 Å². The molecule has 0 aliphatic carbocycles. The van der Waals surface area contributed by atoms with Gasteiger partial charge in [-0.1, -0.05) is 0 Å². The second-order valence-corrected chi connectivity index (χ2v) is 12.7. The van der Waals surface area contributed by atoms with Crippen molar-refractivity contribution in [1.29, 1.82) is 0 Å². The van der Waals surface area contributed by atoms with Crippen molar-refractivity contribution in [1.82, 2.24) is 24.7 Å². The van der Waals surface area contributed by atoms with Gasteiger partial charge in [-0.2, -0.15) is 0 Å². The van der Waals surface area contributed by atoms with Gasteiger partial charge in [0, 0.05) is 39.9 Å². The molecule has 1 fully saturated rings. The standard InChI is InChI=1S/C20H29N5O6S2/c1-4-25-17-6-5-15(33(30,31)24(2)3)12-16(17)21-18(25)7-8-19(26)22-23-20(27)11-14-9-10-32(28,29)13-14/h5-6,12,14H,4,7-11,13H2,1-3H3,(H,22,26)(H,23,27). The molecule has 2 amide bonds. The molecule has 11 nitrogen and oxygen atoms in total. The van der Waals surface area contributed by atoms with Crippen molar-refractivity contribution < 1.29 is 26.4 Å². The highest BCUT2D eigenvalue weighted by atomic mass is 32.2. The van der Waals surface area contributed by atoms with E-state index in [0.717, 1.165) is 9.82 Å². The predicted octanol–water partition coefficient (Wildman–Crippen LogP) is 0.211. The molecular formula is C20H29N5O6S2. The summed E-state index contributed by atoms with van der Waals surface area (Å²) in [6, 6.07) is 4.76. The highest BCUT2D eigenvalue weighted by Crippen LogP contribution is 2.23. The molecule has 0 bridgehead atoms. The number of hydrogen-bond acceptors (Lipinski definition) is 7. The molecule has 1 aliphatic rings. The highest BCUT2D eigenvalue weighted by Gasteiger charge is 2.29. The van der Waals surface area contributed by atoms with E-state index in [0.29, 0.717) is 30.7 Å². The molecule has 1 aromatic carbocycles. The first-order chi connectivity index (χ1) is 15.4. The molecule has 2 heterocycles. The van der Waals surface area contributed by atoms with Crippen LogP contribution >= 0.6 is 0 Å². The van der Waals surface area contributed by atoms with Crippen molar-refractivity contribution in [2.75, 3.05) is 25.6 Å². The molecule has 182 valence electrons. The number of carbonyl (C=O) groups is 2. The second kappa shape index (κ2) is 9.77. The number of aryl methyl sites for hydroxylation is 2. The summed E-state index contributed by atoms with van der Waals surface area (Å²) in [5.41, 5.74) is 5.97. The van der Waals surface area contributed by atoms with E-state index in [1.165, 1.54) is 26.2 Å². The first kappa shape index (κ1) is 25.1. The Morgan fingerprint density at radius 2 is 1.91 bits per heavy atom. The van der Waals surface area contributed by atoms with Crippen molar-refractivity contribution >= 4 is 42.7 Å². The third-order valence-corrected chi connectivity index (χ3v) is 9.26. The Balaban J connectivity index is 1.59. The maximum absolute atomic E-state index is 12.4. The van der Waals surface area contributed by atoms with Gasteiger partial charge in [0.05, 0.1) is 27.4 Å². The van der Waals surface area contributed by atoms with Crippen LogP contribution in [0.1, 0.15) is 32.0 Å². The van der Waals surface area contributed by atoms with Crippen molar-refractivity contribution in [2.24, 2.45) is 5.92 Å². The minimum atomic E-state index is -3.59. The van der Waals surface area contributed by atoms with Crippen LogP contribution in [0.2, 0.25) is 0 Å². The van der Waals surface area contributed by atoms with E-state index < -0.39 is 31.7 Å². The largest absolute Gasteiger partial charge is 0.328 e. The molecule has 1 unspecified atom stereocenters. The van der Waals surface area contributed by atoms with Crippen LogP contribution in [0.15, 0.2) is 23.1 Å². The number of amides is 2. The van der Waals surface area contributed by atoms with Crippen molar-refractivity contribution in [2.45, 2.75) is 44.0 Å². The summed E-state index contributed by atoms with van der Waals surface area (Å²) >= 11 is 0. The average molecular weight is 500 g/mol. The molecule has 1 atom stereocenters. The number of aromatic nitrogens is 2. The van der Waals surface area contributed by atoms with Gasteiger partial charge in [-0.05, 0) is 37.5 Å². The Kier molecular flexibility index (Phi) is 7.44. The number of sulfone groups is 1. The maximum atomic E-state index is 12.4. The number of nitrogens with zero attached hydrogens (tertiary/aromatic N) is 3. The number of carbonyl (C=O) groups excluding carboxylic acids is 2. The van der Waals surface area contributed by atoms with Gasteiger partial charge in [0.1, 0.15) is 5.82 Å². The predicted molar refractivity (Wildman–Crippen MR) is 122 cm³/mol. The number of benzene rings is 1. The van der Waals surface area contributed by atoms with Gasteiger partial charge in [0.15, 0.2) is 9.84 Å². The smallest absolute Gasteiger partial charge is 0.242 e. The number of hydrazine groups is 1. The quantitative estimate of drug-likeness (QED) is 0.494. The molecule has 1 aliphatic heterocycles. The number of nitrogens with one attached hydrogen (secondary N) is 2. The number of hydrogen-bond donors (Lipinski definition) is 2. The fraction of sp³-hybridized carbons (Fsp3) is 0.550. The van der Waals surface area contributed by atoms with E-state index >= 15 is 0 Å². The summed E-state index contributed by atoms with van der Waals surface area (Å²) in [4.78, 5) is 28.8. The number of rotatable bonds is 8. The van der Waals surface area contributed by atoms with Crippen LogP contribution in [0, 0.1) is 5.92 Å². The van der Waals surface area contributed by atoms with Gasteiger partial charge in [0.2, 0.25) is 21.8 Å². The normalized spacial score (nSPS) is 18.0. The van der Waals surface area contributed by atoms with E-state index in [-0.39, 0.29) is 35.2 Å². The molecular weight excluding hydrogens is 470 g/mol. The second-order valence-electron chi connectivity index (χ2n) is 8.28. The van der Waals surface area contributed by atoms with Crippen LogP contribution in [-0.4, -0.2) is 68.1 Å². The van der Waals surface area contributed by atoms with E-state index in [4.69, 9.17) is 0 Å². The molecule has 2 N–H and O–H groups in total. The summed E-state index contributed by atoms with van der Waals surface area (Å²) in [7, 11) is -3.72. The molecule has 1 saturated heterocycles. The number of imidazole rings is 1. The first-order valence-corrected chi connectivity index (χ1v) is 13.9. The summed E-state index contributed by atoms with van der Waals surface area (Å²) in [5.74, 6) is -0.340. The third-order valence-electron chi connectivity index (χ3n) is 5.61. The van der Waals surface area contributed by atoms with E-state index in [9.17, 15) is 26.4 Å². The summed E-state index contributed by atoms with van der Waals surface area (Å²) in [5, 5.41) is 0. The molecule has 0 spiro atoms. The zero-order chi connectivity index (χ0) is 24.4. The minimum Gasteiger partial charge on any atom is -0.328 e. The summed E-state index contributed by atoms with van der Waals surface area (Å²) in [6.45, 7) is 2.52. The molecule has 33 heavy (non-hydrogen) atoms. The zero-order valence-electron chi connectivity index (χ0n) is 18.9. The van der Waals surface area contributed by atoms with Gasteiger partial charge in [-0.25, -0.2) is 26.1 Å². The van der Waals surface area contributed by atoms with Crippen LogP contribution < -0.4 is 10.9 Å². The number of sulfonamides is 1. The van der Waals surface area contributed by atoms with E-state index in [2.05, 4.69) is 15.8 Å². The number of fused-ring (bicyclic) bond motifs is 1. The van der Waals surface area contributed by atoms with Crippen molar-refractivity contribution in [3.05, 3.63) is 24.0 Å². The lowest BCUT2D eigenvalue weighted by Crippen LogP contribution is -2.42. The molecule has 1 aromatic heterocycles. The Morgan fingerprint density at radius 3 is 2.52 bits per heavy atom. The summed E-state index contributed by atoms with van der Waals surface area (Å²) < 4.78 is 50.8. The zero-order valence-corrected chi connectivity index (χ0v) is 20.5. The lowest BCUT2D eigenvalue weighted by Gasteiger charge is -2.11. The van der Waals surface area contributed by atoms with Crippen LogP contribution in [0.4, 0.5) is 0 Å². The Hall–Kier alpha value is -2.51. The molecule has 3 rings (SSSR count). The molecule has 0 saturated carbocycles. The van der Waals surface area contributed by atoms with Gasteiger partial charge < -0.3 is 4.57 Å². The molecule has 13 heteroatoms. The monoisotopic (exact) mass is 499 g/mol. The van der Waals surface area contributed by atoms with Crippen LogP contribution in [0.25, 0.3) is 11.0 Å². The Labute approximate surface area is 193 Å². The summed E-state index contributed by atoms with van der Waals surface area (Å²) in [6.07, 6.45) is 0.850. The van der Waals surface area contributed by atoms with Crippen molar-refractivity contribution in [3.63, 3.8) is 0 Å². The van der Waals surface area contributed by atoms with Gasteiger partial charge >= 0.3 is 0 Å². The van der Waals surface area contributed by atoms with Crippen LogP contribution in [-0.2, 0) is 42.4 Å². The fourth-order valence-corrected chi connectivity index (χ4v) is 6.63. The minimum absolute atomic E-state index is 0.000833. The van der Waals surface area contributed by atoms with E-state index in [1.807, 2.05) is 11.5 Å². The van der Waals surface area contributed by atoms with Gasteiger partial charge in [-0.3, -0.25) is 20.4 Å². The topological polar surface area (TPSA) is 148 Å². The average Bonchev–Trinajstić information content (AvgIpc) is 3.28. The van der Waals surface area contributed by atoms with Crippen LogP contribution in [0.5, 0.6) is 0 Å². The van der Waals surface area contributed by atoms with Gasteiger partial charge in [-0.15, -0.1) is 0 Å². The molecule has 0 radical (unpaired) electrons. The lowest BCUT2D eigenvalue weighted by atomic mass is 10.1. The van der Waals surface area contributed by atoms with Crippen molar-refractivity contribution in [3.8, 4) is 0 Å². The lowest BCUT2D eigenvalue weighted by molar-refractivity contribution is -0.129. The first-order valence-electron chi connectivity index (χ1n) is 10.6. The SMILES string of the molecule is CCn1c(CCC(=O)NNC(=O)CC2CCS(=O)(=O)C2)nc2cc(S(=O)(=O)N(C)C)ccc21. The maximum Gasteiger partial charge on any atom is 0.242 e. The fourth-order valence-electron chi connectivity index (χ4n) is 3.85. The molecule has 2 aromatic rings. The Bertz CT molecular complexity index is 1270.